The summed E-state index contributed by atoms with van der Waals surface area (Å²) >= 11 is 6.24. The maximum Gasteiger partial charge on any atom is 0.259 e. The van der Waals surface area contributed by atoms with Crippen molar-refractivity contribution < 1.29 is 13.8 Å². The Kier molecular flexibility index (Phi) is 9.00. The number of hydrogen-bond donors (Lipinski definition) is 1. The maximum atomic E-state index is 13.8. The second-order valence-corrected chi connectivity index (χ2v) is 12.7. The van der Waals surface area contributed by atoms with Crippen LogP contribution in [0.1, 0.15) is 31.8 Å². The van der Waals surface area contributed by atoms with Crippen LogP contribution in [0.5, 0.6) is 0 Å². The summed E-state index contributed by atoms with van der Waals surface area (Å²) in [5, 5.41) is 3.60. The summed E-state index contributed by atoms with van der Waals surface area (Å²) in [7, 11) is -1.59. The van der Waals surface area contributed by atoms with Crippen molar-refractivity contribution >= 4 is 39.9 Å². The number of piperazine rings is 1. The Balaban J connectivity index is 1.14. The van der Waals surface area contributed by atoms with Gasteiger partial charge < -0.3 is 10.2 Å². The van der Waals surface area contributed by atoms with Crippen LogP contribution in [-0.2, 0) is 23.9 Å². The molecule has 0 radical (unpaired) electrons. The van der Waals surface area contributed by atoms with E-state index < -0.39 is 10.8 Å². The molecule has 0 spiro atoms. The summed E-state index contributed by atoms with van der Waals surface area (Å²) in [5.41, 5.74) is 3.41. The van der Waals surface area contributed by atoms with E-state index in [2.05, 4.69) is 39.4 Å². The third kappa shape index (κ3) is 6.73. The molecule has 2 heterocycles. The molecule has 0 aliphatic carbocycles. The van der Waals surface area contributed by atoms with E-state index in [1.54, 1.807) is 59.5 Å². The number of halogens is 1. The van der Waals surface area contributed by atoms with E-state index in [1.165, 1.54) is 5.56 Å². The molecule has 1 fully saturated rings. The molecule has 0 unspecified atom stereocenters. The van der Waals surface area contributed by atoms with Crippen molar-refractivity contribution in [3.63, 3.8) is 0 Å². The Morgan fingerprint density at radius 3 is 2.28 bits per heavy atom. The highest BCUT2D eigenvalue weighted by molar-refractivity contribution is 7.85. The Morgan fingerprint density at radius 1 is 0.767 bits per heavy atom. The molecule has 4 aromatic rings. The zero-order chi connectivity index (χ0) is 29.8. The Bertz CT molecular complexity index is 1660. The summed E-state index contributed by atoms with van der Waals surface area (Å²) in [6, 6.07) is 29.8. The van der Waals surface area contributed by atoms with Crippen molar-refractivity contribution in [2.24, 2.45) is 0 Å². The minimum absolute atomic E-state index is 0.221. The lowest BCUT2D eigenvalue weighted by Crippen LogP contribution is -2.48. The summed E-state index contributed by atoms with van der Waals surface area (Å²) in [5.74, 6) is -0.500. The zero-order valence-corrected chi connectivity index (χ0v) is 25.3. The molecule has 6 rings (SSSR count). The van der Waals surface area contributed by atoms with Crippen molar-refractivity contribution in [2.45, 2.75) is 22.9 Å². The van der Waals surface area contributed by atoms with E-state index >= 15 is 0 Å². The number of benzene rings is 4. The number of carbonyl (C=O) groups excluding carboxylic acids is 2. The number of carbonyl (C=O) groups is 2. The van der Waals surface area contributed by atoms with Gasteiger partial charge in [-0.25, -0.2) is 4.21 Å². The minimum atomic E-state index is -1.59. The van der Waals surface area contributed by atoms with Crippen LogP contribution >= 0.6 is 11.6 Å². The monoisotopic (exact) mass is 612 g/mol. The van der Waals surface area contributed by atoms with E-state index in [0.717, 1.165) is 44.8 Å². The van der Waals surface area contributed by atoms with Gasteiger partial charge in [0.1, 0.15) is 0 Å². The highest BCUT2D eigenvalue weighted by Gasteiger charge is 2.31. The molecular weight excluding hydrogens is 580 g/mol. The molecular formula is C34H33ClN4O3S. The van der Waals surface area contributed by atoms with Crippen LogP contribution in [0.3, 0.4) is 0 Å². The fourth-order valence-corrected chi connectivity index (χ4v) is 7.18. The largest absolute Gasteiger partial charge is 0.351 e. The van der Waals surface area contributed by atoms with Gasteiger partial charge in [0.2, 0.25) is 0 Å². The number of amides is 2. The molecule has 2 amide bonds. The molecule has 7 nitrogen and oxygen atoms in total. The van der Waals surface area contributed by atoms with Gasteiger partial charge in [-0.2, -0.15) is 0 Å². The lowest BCUT2D eigenvalue weighted by atomic mass is 10.1. The number of fused-ring (bicyclic) bond motifs is 2. The van der Waals surface area contributed by atoms with Crippen LogP contribution in [0.25, 0.3) is 0 Å². The van der Waals surface area contributed by atoms with E-state index in [0.29, 0.717) is 38.2 Å². The van der Waals surface area contributed by atoms with Gasteiger partial charge in [0.05, 0.1) is 38.4 Å². The van der Waals surface area contributed by atoms with Gasteiger partial charge in [0.15, 0.2) is 0 Å². The highest BCUT2D eigenvalue weighted by Crippen LogP contribution is 2.36. The van der Waals surface area contributed by atoms with Crippen LogP contribution in [0.4, 0.5) is 5.69 Å². The molecule has 220 valence electrons. The third-order valence-electron chi connectivity index (χ3n) is 7.93. The number of rotatable bonds is 8. The van der Waals surface area contributed by atoms with Gasteiger partial charge in [-0.1, -0.05) is 66.2 Å². The Hall–Kier alpha value is -3.82. The second kappa shape index (κ2) is 13.2. The molecule has 0 bridgehead atoms. The average Bonchev–Trinajstić information content (AvgIpc) is 3.11. The highest BCUT2D eigenvalue weighted by atomic mass is 35.5. The van der Waals surface area contributed by atoms with Gasteiger partial charge >= 0.3 is 0 Å². The lowest BCUT2D eigenvalue weighted by molar-refractivity contribution is 0.0932. The summed E-state index contributed by atoms with van der Waals surface area (Å²) in [4.78, 5) is 34.5. The smallest absolute Gasteiger partial charge is 0.259 e. The SMILES string of the molecule is O=C(NCCN1CCN(Cc2ccccc2)CC1)c1ccc2c(c1)N(Cc1cccc(Cl)c1)C(=O)c1ccccc1[S@]2=O. The fourth-order valence-electron chi connectivity index (χ4n) is 5.62. The number of nitrogens with one attached hydrogen (secondary N) is 1. The van der Waals surface area contributed by atoms with Crippen molar-refractivity contribution in [3.05, 3.63) is 124 Å². The standard InChI is InChI=1S/C34H33ClN4O3S/c35-28-10-6-9-26(21-28)24-39-30-22-27(13-14-32(30)43(42)31-12-5-4-11-29(31)34(39)41)33(40)36-15-16-37-17-19-38(20-18-37)23-25-7-2-1-3-8-25/h1-14,21-22H,15-20,23-24H2,(H,36,40)/t43-/m1/s1. The van der Waals surface area contributed by atoms with E-state index in [1.807, 2.05) is 18.2 Å². The second-order valence-electron chi connectivity index (χ2n) is 10.8. The lowest BCUT2D eigenvalue weighted by Gasteiger charge is -2.34. The van der Waals surface area contributed by atoms with E-state index in [4.69, 9.17) is 11.6 Å². The van der Waals surface area contributed by atoms with Crippen LogP contribution in [-0.4, -0.2) is 65.1 Å². The number of hydrogen-bond acceptors (Lipinski definition) is 5. The first-order valence-electron chi connectivity index (χ1n) is 14.4. The molecule has 9 heteroatoms. The maximum absolute atomic E-state index is 13.8. The molecule has 1 atom stereocenters. The summed E-state index contributed by atoms with van der Waals surface area (Å²) in [6.45, 7) is 6.33. The quantitative estimate of drug-likeness (QED) is 0.296. The third-order valence-corrected chi connectivity index (χ3v) is 9.67. The first-order valence-corrected chi connectivity index (χ1v) is 16.0. The van der Waals surface area contributed by atoms with Crippen molar-refractivity contribution in [1.82, 2.24) is 15.1 Å². The van der Waals surface area contributed by atoms with Crippen molar-refractivity contribution in [1.29, 1.82) is 0 Å². The van der Waals surface area contributed by atoms with Gasteiger partial charge in [0.25, 0.3) is 11.8 Å². The fraction of sp³-hybridized carbons (Fsp3) is 0.235. The van der Waals surface area contributed by atoms with E-state index in [-0.39, 0.29) is 18.4 Å². The first kappa shape index (κ1) is 29.3. The van der Waals surface area contributed by atoms with Gasteiger partial charge in [-0.15, -0.1) is 0 Å². The Labute approximate surface area is 259 Å². The van der Waals surface area contributed by atoms with Crippen molar-refractivity contribution in [2.75, 3.05) is 44.2 Å². The minimum Gasteiger partial charge on any atom is -0.351 e. The number of nitrogens with zero attached hydrogens (tertiary/aromatic N) is 3. The summed E-state index contributed by atoms with van der Waals surface area (Å²) < 4.78 is 13.7. The predicted molar refractivity (Wildman–Crippen MR) is 170 cm³/mol. The topological polar surface area (TPSA) is 73.0 Å². The molecule has 1 saturated heterocycles. The van der Waals surface area contributed by atoms with Gasteiger partial charge in [0, 0.05) is 56.4 Å². The normalized spacial score (nSPS) is 17.2. The number of anilines is 1. The first-order chi connectivity index (χ1) is 21.0. The molecule has 2 aliphatic rings. The van der Waals surface area contributed by atoms with Crippen LogP contribution < -0.4 is 10.2 Å². The van der Waals surface area contributed by atoms with Crippen LogP contribution in [0.2, 0.25) is 5.02 Å². The molecule has 4 aromatic carbocycles. The van der Waals surface area contributed by atoms with Crippen LogP contribution in [0, 0.1) is 0 Å². The van der Waals surface area contributed by atoms with E-state index in [9.17, 15) is 13.8 Å². The average molecular weight is 613 g/mol. The molecule has 0 saturated carbocycles. The summed E-state index contributed by atoms with van der Waals surface area (Å²) in [6.07, 6.45) is 0. The predicted octanol–water partition coefficient (Wildman–Crippen LogP) is 5.21. The molecule has 2 aliphatic heterocycles. The van der Waals surface area contributed by atoms with Crippen LogP contribution in [0.15, 0.2) is 107 Å². The van der Waals surface area contributed by atoms with Gasteiger partial charge in [-0.05, 0) is 53.6 Å². The zero-order valence-electron chi connectivity index (χ0n) is 23.7. The molecule has 1 N–H and O–H groups in total. The molecule has 0 aromatic heterocycles. The van der Waals surface area contributed by atoms with Gasteiger partial charge in [-0.3, -0.25) is 19.4 Å². The molecule has 43 heavy (non-hydrogen) atoms. The van der Waals surface area contributed by atoms with Crippen molar-refractivity contribution in [3.8, 4) is 0 Å². The Morgan fingerprint density at radius 2 is 1.49 bits per heavy atom.